The zero-order valence-corrected chi connectivity index (χ0v) is 17.1. The third-order valence-corrected chi connectivity index (χ3v) is 4.97. The van der Waals surface area contributed by atoms with E-state index < -0.39 is 12.1 Å². The predicted octanol–water partition coefficient (Wildman–Crippen LogP) is 4.02. The number of ether oxygens (including phenoxy) is 1. The first kappa shape index (κ1) is 20.5. The maximum Gasteiger partial charge on any atom is 0.319 e. The van der Waals surface area contributed by atoms with Crippen molar-refractivity contribution >= 4 is 29.2 Å². The first-order valence-corrected chi connectivity index (χ1v) is 9.49. The Kier molecular flexibility index (Phi) is 5.98. The second kappa shape index (κ2) is 8.45. The molecule has 0 saturated carbocycles. The van der Waals surface area contributed by atoms with Crippen LogP contribution in [0.3, 0.4) is 0 Å². The summed E-state index contributed by atoms with van der Waals surface area (Å²) in [7, 11) is 0. The molecule has 0 spiro atoms. The van der Waals surface area contributed by atoms with Gasteiger partial charge in [0.2, 0.25) is 0 Å². The van der Waals surface area contributed by atoms with Crippen LogP contribution < -0.4 is 20.7 Å². The van der Waals surface area contributed by atoms with E-state index >= 15 is 0 Å². The molecule has 0 saturated heterocycles. The molecule has 0 radical (unpaired) electrons. The van der Waals surface area contributed by atoms with Crippen LogP contribution in [-0.2, 0) is 4.79 Å². The number of hydrogen-bond donors (Lipinski definition) is 4. The maximum atomic E-state index is 13.1. The standard InChI is InChI=1S/C21H22ClN3O4/c1-4-29-17-9-13(6-8-16(17)26)19-18(12(3)23-21(28)25-19)20(27)24-14-7-5-11(2)15(22)10-14/h5-10,19,26H,4H2,1-3H3,(H,24,27)(H2,23,25,28). The third-order valence-electron chi connectivity index (χ3n) is 4.56. The Labute approximate surface area is 173 Å². The van der Waals surface area contributed by atoms with Gasteiger partial charge < -0.3 is 25.8 Å². The highest BCUT2D eigenvalue weighted by Gasteiger charge is 2.31. The molecule has 0 aliphatic carbocycles. The third kappa shape index (κ3) is 4.46. The summed E-state index contributed by atoms with van der Waals surface area (Å²) in [5.41, 5.74) is 2.82. The van der Waals surface area contributed by atoms with Crippen LogP contribution in [0.4, 0.5) is 10.5 Å². The molecule has 0 fully saturated rings. The smallest absolute Gasteiger partial charge is 0.319 e. The number of benzene rings is 2. The second-order valence-corrected chi connectivity index (χ2v) is 7.06. The lowest BCUT2D eigenvalue weighted by molar-refractivity contribution is -0.113. The summed E-state index contributed by atoms with van der Waals surface area (Å²) in [4.78, 5) is 25.1. The summed E-state index contributed by atoms with van der Waals surface area (Å²) in [6.07, 6.45) is 0. The first-order valence-electron chi connectivity index (χ1n) is 9.11. The van der Waals surface area contributed by atoms with E-state index in [1.54, 1.807) is 38.1 Å². The average Bonchev–Trinajstić information content (AvgIpc) is 2.66. The molecule has 2 aromatic carbocycles. The predicted molar refractivity (Wildman–Crippen MR) is 111 cm³/mol. The van der Waals surface area contributed by atoms with E-state index in [1.165, 1.54) is 6.07 Å². The lowest BCUT2D eigenvalue weighted by atomic mass is 9.94. The minimum absolute atomic E-state index is 0.0168. The summed E-state index contributed by atoms with van der Waals surface area (Å²) >= 11 is 6.15. The Morgan fingerprint density at radius 1 is 1.24 bits per heavy atom. The fraction of sp³-hybridized carbons (Fsp3) is 0.238. The fourth-order valence-corrected chi connectivity index (χ4v) is 3.28. The summed E-state index contributed by atoms with van der Waals surface area (Å²) in [6, 6.07) is 8.81. The van der Waals surface area contributed by atoms with Gasteiger partial charge in [0.1, 0.15) is 0 Å². The monoisotopic (exact) mass is 415 g/mol. The number of halogens is 1. The first-order chi connectivity index (χ1) is 13.8. The van der Waals surface area contributed by atoms with Crippen LogP contribution in [0.15, 0.2) is 47.7 Å². The van der Waals surface area contributed by atoms with Gasteiger partial charge in [0.25, 0.3) is 5.91 Å². The molecule has 1 unspecified atom stereocenters. The highest BCUT2D eigenvalue weighted by atomic mass is 35.5. The number of allylic oxidation sites excluding steroid dienone is 1. The topological polar surface area (TPSA) is 99.7 Å². The molecule has 0 bridgehead atoms. The Morgan fingerprint density at radius 2 is 2.00 bits per heavy atom. The summed E-state index contributed by atoms with van der Waals surface area (Å²) in [5.74, 6) is -0.122. The summed E-state index contributed by atoms with van der Waals surface area (Å²) in [6.45, 7) is 5.70. The van der Waals surface area contributed by atoms with Crippen molar-refractivity contribution in [1.29, 1.82) is 0 Å². The minimum atomic E-state index is -0.718. The minimum Gasteiger partial charge on any atom is -0.504 e. The molecular formula is C21H22ClN3O4. The van der Waals surface area contributed by atoms with Gasteiger partial charge >= 0.3 is 6.03 Å². The van der Waals surface area contributed by atoms with Crippen molar-refractivity contribution in [3.63, 3.8) is 0 Å². The van der Waals surface area contributed by atoms with Gasteiger partial charge in [-0.25, -0.2) is 4.79 Å². The normalized spacial score (nSPS) is 16.1. The van der Waals surface area contributed by atoms with Crippen LogP contribution in [0.5, 0.6) is 11.5 Å². The zero-order valence-electron chi connectivity index (χ0n) is 16.3. The van der Waals surface area contributed by atoms with Gasteiger partial charge in [-0.15, -0.1) is 0 Å². The van der Waals surface area contributed by atoms with E-state index in [9.17, 15) is 14.7 Å². The van der Waals surface area contributed by atoms with Gasteiger partial charge in [-0.1, -0.05) is 23.7 Å². The summed E-state index contributed by atoms with van der Waals surface area (Å²) < 4.78 is 5.43. The van der Waals surface area contributed by atoms with E-state index in [0.29, 0.717) is 34.2 Å². The van der Waals surface area contributed by atoms with Crippen molar-refractivity contribution in [2.24, 2.45) is 0 Å². The number of carbonyl (C=O) groups is 2. The number of hydrogen-bond acceptors (Lipinski definition) is 4. The molecule has 1 aliphatic rings. The highest BCUT2D eigenvalue weighted by molar-refractivity contribution is 6.31. The van der Waals surface area contributed by atoms with Crippen LogP contribution in [0, 0.1) is 6.92 Å². The van der Waals surface area contributed by atoms with Crippen molar-refractivity contribution in [3.8, 4) is 11.5 Å². The Morgan fingerprint density at radius 3 is 2.69 bits per heavy atom. The van der Waals surface area contributed by atoms with Crippen LogP contribution in [-0.4, -0.2) is 23.7 Å². The van der Waals surface area contributed by atoms with Crippen molar-refractivity contribution in [2.75, 3.05) is 11.9 Å². The quantitative estimate of drug-likeness (QED) is 0.592. The fourth-order valence-electron chi connectivity index (χ4n) is 3.10. The number of nitrogens with one attached hydrogen (secondary N) is 3. The van der Waals surface area contributed by atoms with Gasteiger partial charge in [0.15, 0.2) is 11.5 Å². The number of aryl methyl sites for hydroxylation is 1. The molecule has 0 aromatic heterocycles. The van der Waals surface area contributed by atoms with Crippen molar-refractivity contribution in [1.82, 2.24) is 10.6 Å². The van der Waals surface area contributed by atoms with E-state index in [4.69, 9.17) is 16.3 Å². The molecule has 1 heterocycles. The average molecular weight is 416 g/mol. The van der Waals surface area contributed by atoms with Crippen LogP contribution in [0.2, 0.25) is 5.02 Å². The van der Waals surface area contributed by atoms with E-state index in [-0.39, 0.29) is 17.4 Å². The SMILES string of the molecule is CCOc1cc(C2NC(=O)NC(C)=C2C(=O)Nc2ccc(C)c(Cl)c2)ccc1O. The number of carbonyl (C=O) groups excluding carboxylic acids is 2. The van der Waals surface area contributed by atoms with E-state index in [1.807, 2.05) is 13.0 Å². The van der Waals surface area contributed by atoms with Crippen LogP contribution in [0.25, 0.3) is 0 Å². The molecule has 29 heavy (non-hydrogen) atoms. The molecule has 7 nitrogen and oxygen atoms in total. The number of phenolic OH excluding ortho intramolecular Hbond substituents is 1. The zero-order chi connectivity index (χ0) is 21.1. The van der Waals surface area contributed by atoms with E-state index in [2.05, 4.69) is 16.0 Å². The lowest BCUT2D eigenvalue weighted by Crippen LogP contribution is -2.45. The number of phenols is 1. The van der Waals surface area contributed by atoms with E-state index in [0.717, 1.165) is 5.56 Å². The molecule has 152 valence electrons. The molecule has 3 rings (SSSR count). The molecular weight excluding hydrogens is 394 g/mol. The number of amides is 3. The van der Waals surface area contributed by atoms with Crippen LogP contribution >= 0.6 is 11.6 Å². The second-order valence-electron chi connectivity index (χ2n) is 6.65. The maximum absolute atomic E-state index is 13.1. The molecule has 8 heteroatoms. The Balaban J connectivity index is 1.96. The molecule has 3 amide bonds. The number of urea groups is 1. The van der Waals surface area contributed by atoms with Gasteiger partial charge in [-0.3, -0.25) is 4.79 Å². The largest absolute Gasteiger partial charge is 0.504 e. The Bertz CT molecular complexity index is 1000. The van der Waals surface area contributed by atoms with Crippen molar-refractivity contribution in [3.05, 3.63) is 63.8 Å². The van der Waals surface area contributed by atoms with Gasteiger partial charge in [0.05, 0.1) is 18.2 Å². The molecule has 2 aromatic rings. The molecule has 1 aliphatic heterocycles. The van der Waals surface area contributed by atoms with Crippen molar-refractivity contribution < 1.29 is 19.4 Å². The highest BCUT2D eigenvalue weighted by Crippen LogP contribution is 2.34. The number of rotatable bonds is 5. The van der Waals surface area contributed by atoms with Gasteiger partial charge in [-0.05, 0) is 56.2 Å². The number of anilines is 1. The molecule has 1 atom stereocenters. The number of aromatic hydroxyl groups is 1. The van der Waals surface area contributed by atoms with Crippen LogP contribution in [0.1, 0.15) is 31.0 Å². The van der Waals surface area contributed by atoms with Crippen molar-refractivity contribution in [2.45, 2.75) is 26.8 Å². The van der Waals surface area contributed by atoms with Gasteiger partial charge in [-0.2, -0.15) is 0 Å². The van der Waals surface area contributed by atoms with Gasteiger partial charge in [0, 0.05) is 16.4 Å². The Hall–Kier alpha value is -3.19. The lowest BCUT2D eigenvalue weighted by Gasteiger charge is -2.29. The summed E-state index contributed by atoms with van der Waals surface area (Å²) in [5, 5.41) is 18.7. The molecule has 4 N–H and O–H groups in total.